The molecule has 0 saturated carbocycles. The van der Waals surface area contributed by atoms with Crippen LogP contribution >= 0.6 is 0 Å². The summed E-state index contributed by atoms with van der Waals surface area (Å²) < 4.78 is 3.58. The summed E-state index contributed by atoms with van der Waals surface area (Å²) >= 11 is 0. The van der Waals surface area contributed by atoms with Gasteiger partial charge in [0.25, 0.3) is 5.91 Å². The Morgan fingerprint density at radius 2 is 2.11 bits per heavy atom. The van der Waals surface area contributed by atoms with Crippen molar-refractivity contribution in [3.05, 3.63) is 29.7 Å². The fourth-order valence-electron chi connectivity index (χ4n) is 3.14. The van der Waals surface area contributed by atoms with Gasteiger partial charge < -0.3 is 5.73 Å². The number of rotatable bonds is 6. The first kappa shape index (κ1) is 17.8. The minimum Gasteiger partial charge on any atom is -0.364 e. The number of aromatic amines is 1. The fourth-order valence-corrected chi connectivity index (χ4v) is 3.14. The van der Waals surface area contributed by atoms with E-state index in [1.807, 2.05) is 17.7 Å². The molecule has 4 rings (SSSR count). The monoisotopic (exact) mass is 379 g/mol. The van der Waals surface area contributed by atoms with Gasteiger partial charge >= 0.3 is 0 Å². The Morgan fingerprint density at radius 1 is 1.29 bits per heavy atom. The quantitative estimate of drug-likeness (QED) is 0.525. The van der Waals surface area contributed by atoms with Crippen LogP contribution in [0.1, 0.15) is 35.9 Å². The molecule has 0 aliphatic heterocycles. The molecule has 0 atom stereocenters. The van der Waals surface area contributed by atoms with Crippen LogP contribution in [0, 0.1) is 6.92 Å². The van der Waals surface area contributed by atoms with Crippen molar-refractivity contribution in [2.45, 2.75) is 33.2 Å². The Balaban J connectivity index is 1.81. The maximum absolute atomic E-state index is 11.7. The second-order valence-electron chi connectivity index (χ2n) is 6.68. The molecule has 144 valence electrons. The Kier molecular flexibility index (Phi) is 4.38. The van der Waals surface area contributed by atoms with Gasteiger partial charge in [-0.3, -0.25) is 19.3 Å². The molecule has 0 bridgehead atoms. The summed E-state index contributed by atoms with van der Waals surface area (Å²) in [6, 6.07) is 3.58. The maximum atomic E-state index is 11.7. The van der Waals surface area contributed by atoms with Crippen LogP contribution in [-0.4, -0.2) is 45.6 Å². The van der Waals surface area contributed by atoms with E-state index in [0.717, 1.165) is 41.7 Å². The molecule has 28 heavy (non-hydrogen) atoms. The number of amides is 1. The van der Waals surface area contributed by atoms with Gasteiger partial charge in [0.2, 0.25) is 5.82 Å². The van der Waals surface area contributed by atoms with Gasteiger partial charge in [-0.25, -0.2) is 9.97 Å². The first-order valence-electron chi connectivity index (χ1n) is 9.08. The molecule has 0 aliphatic rings. The van der Waals surface area contributed by atoms with E-state index in [9.17, 15) is 4.79 Å². The standard InChI is InChI=1S/C18H21N9O/c1-4-5-6-27-14(7-10(2)25-27)17-22-18(24-23-17)15-11-9-20-26(3)13(11)8-12(21-15)16(19)28/h7-9H,4-6H2,1-3H3,(H2,19,28)(H,22,23,24). The molecule has 4 aromatic heterocycles. The third-order valence-corrected chi connectivity index (χ3v) is 4.56. The van der Waals surface area contributed by atoms with Crippen molar-refractivity contribution in [1.29, 1.82) is 0 Å². The summed E-state index contributed by atoms with van der Waals surface area (Å²) in [6.07, 6.45) is 3.77. The molecule has 4 heterocycles. The van der Waals surface area contributed by atoms with Gasteiger partial charge in [0.1, 0.15) is 17.1 Å². The van der Waals surface area contributed by atoms with Crippen molar-refractivity contribution < 1.29 is 4.79 Å². The van der Waals surface area contributed by atoms with Crippen molar-refractivity contribution >= 4 is 16.8 Å². The van der Waals surface area contributed by atoms with Crippen LogP contribution < -0.4 is 5.73 Å². The van der Waals surface area contributed by atoms with E-state index < -0.39 is 5.91 Å². The fraction of sp³-hybridized carbons (Fsp3) is 0.333. The van der Waals surface area contributed by atoms with E-state index in [2.05, 4.69) is 37.3 Å². The number of nitrogens with one attached hydrogen (secondary N) is 1. The third kappa shape index (κ3) is 3.02. The van der Waals surface area contributed by atoms with Gasteiger partial charge in [-0.05, 0) is 25.5 Å². The lowest BCUT2D eigenvalue weighted by Gasteiger charge is -2.04. The zero-order valence-electron chi connectivity index (χ0n) is 16.0. The molecule has 0 aliphatic carbocycles. The smallest absolute Gasteiger partial charge is 0.267 e. The zero-order valence-corrected chi connectivity index (χ0v) is 16.0. The molecule has 0 aromatic carbocycles. The number of primary amides is 1. The highest BCUT2D eigenvalue weighted by atomic mass is 16.1. The van der Waals surface area contributed by atoms with Crippen molar-refractivity contribution in [2.75, 3.05) is 0 Å². The van der Waals surface area contributed by atoms with Gasteiger partial charge in [-0.15, -0.1) is 0 Å². The number of hydrogen-bond donors (Lipinski definition) is 2. The van der Waals surface area contributed by atoms with Crippen LogP contribution in [0.15, 0.2) is 18.3 Å². The maximum Gasteiger partial charge on any atom is 0.267 e. The molecule has 1 amide bonds. The molecule has 10 nitrogen and oxygen atoms in total. The van der Waals surface area contributed by atoms with Crippen molar-refractivity contribution in [2.24, 2.45) is 12.8 Å². The highest BCUT2D eigenvalue weighted by Gasteiger charge is 2.19. The SMILES string of the molecule is CCCCn1nc(C)cc1-c1nc(-c2nc(C(N)=O)cc3c2cnn3C)n[nH]1. The highest BCUT2D eigenvalue weighted by Crippen LogP contribution is 2.27. The third-order valence-electron chi connectivity index (χ3n) is 4.56. The van der Waals surface area contributed by atoms with E-state index in [1.54, 1.807) is 24.0 Å². The van der Waals surface area contributed by atoms with Crippen LogP contribution in [-0.2, 0) is 13.6 Å². The number of nitrogens with zero attached hydrogens (tertiary/aromatic N) is 7. The van der Waals surface area contributed by atoms with Gasteiger partial charge in [0, 0.05) is 19.0 Å². The second-order valence-corrected chi connectivity index (χ2v) is 6.68. The van der Waals surface area contributed by atoms with Crippen LogP contribution in [0.3, 0.4) is 0 Å². The number of pyridine rings is 1. The normalized spacial score (nSPS) is 11.4. The number of carbonyl (C=O) groups is 1. The van der Waals surface area contributed by atoms with Gasteiger partial charge in [0.15, 0.2) is 5.82 Å². The van der Waals surface area contributed by atoms with Crippen molar-refractivity contribution in [3.8, 4) is 23.0 Å². The van der Waals surface area contributed by atoms with E-state index in [1.165, 1.54) is 0 Å². The lowest BCUT2D eigenvalue weighted by atomic mass is 10.2. The molecular weight excluding hydrogens is 358 g/mol. The van der Waals surface area contributed by atoms with Crippen LogP contribution in [0.5, 0.6) is 0 Å². The van der Waals surface area contributed by atoms with Gasteiger partial charge in [-0.1, -0.05) is 13.3 Å². The first-order valence-corrected chi connectivity index (χ1v) is 9.08. The predicted octanol–water partition coefficient (Wildman–Crippen LogP) is 1.82. The Hall–Kier alpha value is -3.56. The summed E-state index contributed by atoms with van der Waals surface area (Å²) in [5.74, 6) is 0.348. The molecule has 0 radical (unpaired) electrons. The summed E-state index contributed by atoms with van der Waals surface area (Å²) in [5.41, 5.74) is 8.54. The molecule has 0 fully saturated rings. The number of carbonyl (C=O) groups excluding carboxylic acids is 1. The largest absolute Gasteiger partial charge is 0.364 e. The minimum atomic E-state index is -0.617. The molecule has 0 saturated heterocycles. The van der Waals surface area contributed by atoms with Crippen LogP contribution in [0.25, 0.3) is 33.9 Å². The van der Waals surface area contributed by atoms with E-state index >= 15 is 0 Å². The van der Waals surface area contributed by atoms with Crippen LogP contribution in [0.2, 0.25) is 0 Å². The number of fused-ring (bicyclic) bond motifs is 1. The zero-order chi connectivity index (χ0) is 19.8. The molecule has 0 spiro atoms. The van der Waals surface area contributed by atoms with Crippen molar-refractivity contribution in [3.63, 3.8) is 0 Å². The molecule has 0 unspecified atom stereocenters. The lowest BCUT2D eigenvalue weighted by Crippen LogP contribution is -2.13. The summed E-state index contributed by atoms with van der Waals surface area (Å²) in [6.45, 7) is 4.89. The number of aromatic nitrogens is 8. The summed E-state index contributed by atoms with van der Waals surface area (Å²) in [5, 5.41) is 16.8. The molecule has 4 aromatic rings. The topological polar surface area (TPSA) is 133 Å². The molecule has 10 heteroatoms. The Morgan fingerprint density at radius 3 is 2.86 bits per heavy atom. The van der Waals surface area contributed by atoms with Crippen molar-refractivity contribution in [1.82, 2.24) is 39.7 Å². The number of H-pyrrole nitrogens is 1. The summed E-state index contributed by atoms with van der Waals surface area (Å²) in [4.78, 5) is 20.7. The number of nitrogens with two attached hydrogens (primary N) is 1. The number of aryl methyl sites for hydroxylation is 3. The predicted molar refractivity (Wildman–Crippen MR) is 103 cm³/mol. The minimum absolute atomic E-state index is 0.140. The number of unbranched alkanes of at least 4 members (excludes halogenated alkanes) is 1. The van der Waals surface area contributed by atoms with Crippen LogP contribution in [0.4, 0.5) is 0 Å². The molecule has 3 N–H and O–H groups in total. The molecular formula is C18H21N9O. The lowest BCUT2D eigenvalue weighted by molar-refractivity contribution is 0.0996. The average molecular weight is 379 g/mol. The average Bonchev–Trinajstić information content (AvgIpc) is 3.38. The number of hydrogen-bond acceptors (Lipinski definition) is 6. The first-order chi connectivity index (χ1) is 13.5. The Bertz CT molecular complexity index is 1170. The van der Waals surface area contributed by atoms with Gasteiger partial charge in [-0.2, -0.15) is 15.3 Å². The van der Waals surface area contributed by atoms with Gasteiger partial charge in [0.05, 0.1) is 17.4 Å². The highest BCUT2D eigenvalue weighted by molar-refractivity contribution is 5.98. The second kappa shape index (κ2) is 6.87. The van der Waals surface area contributed by atoms with E-state index in [4.69, 9.17) is 5.73 Å². The Labute approximate surface area is 160 Å². The van der Waals surface area contributed by atoms with E-state index in [0.29, 0.717) is 17.3 Å². The van der Waals surface area contributed by atoms with E-state index in [-0.39, 0.29) is 5.69 Å². The summed E-state index contributed by atoms with van der Waals surface area (Å²) in [7, 11) is 1.79.